The van der Waals surface area contributed by atoms with Gasteiger partial charge in [-0.3, -0.25) is 0 Å². The second-order valence-corrected chi connectivity index (χ2v) is 4.22. The summed E-state index contributed by atoms with van der Waals surface area (Å²) >= 11 is 5.94. The lowest BCUT2D eigenvalue weighted by molar-refractivity contribution is 0.0515. The molecule has 0 aliphatic heterocycles. The molecule has 0 aliphatic rings. The predicted molar refractivity (Wildman–Crippen MR) is 69.3 cm³/mol. The van der Waals surface area contributed by atoms with E-state index in [1.54, 1.807) is 29.8 Å². The summed E-state index contributed by atoms with van der Waals surface area (Å²) < 4.78 is 6.54. The van der Waals surface area contributed by atoms with Crippen LogP contribution in [-0.4, -0.2) is 22.4 Å². The molecule has 0 fully saturated rings. The van der Waals surface area contributed by atoms with Gasteiger partial charge in [0.25, 0.3) is 0 Å². The maximum Gasteiger partial charge on any atom is 0.357 e. The fourth-order valence-corrected chi connectivity index (χ4v) is 1.84. The smallest absolute Gasteiger partial charge is 0.357 e. The number of hydrogen-bond donors (Lipinski definition) is 0. The zero-order valence-electron chi connectivity index (χ0n) is 10.2. The van der Waals surface area contributed by atoms with E-state index in [2.05, 4.69) is 5.10 Å². The van der Waals surface area contributed by atoms with Crippen molar-refractivity contribution < 1.29 is 9.53 Å². The van der Waals surface area contributed by atoms with Crippen molar-refractivity contribution in [3.8, 4) is 5.69 Å². The van der Waals surface area contributed by atoms with Crippen LogP contribution < -0.4 is 0 Å². The van der Waals surface area contributed by atoms with Crippen molar-refractivity contribution in [3.05, 3.63) is 46.7 Å². The fraction of sp³-hybridized carbons (Fsp3) is 0.231. The Bertz CT molecular complexity index is 578. The Hall–Kier alpha value is -1.81. The second kappa shape index (κ2) is 5.23. The summed E-state index contributed by atoms with van der Waals surface area (Å²) in [6.07, 6.45) is 0. The van der Waals surface area contributed by atoms with Crippen LogP contribution in [0.3, 0.4) is 0 Å². The van der Waals surface area contributed by atoms with Crippen molar-refractivity contribution in [3.63, 3.8) is 0 Å². The molecule has 0 unspecified atom stereocenters. The minimum atomic E-state index is -0.391. The number of halogens is 1. The van der Waals surface area contributed by atoms with Crippen molar-refractivity contribution in [1.29, 1.82) is 0 Å². The molecule has 0 N–H and O–H groups in total. The number of hydrogen-bond acceptors (Lipinski definition) is 3. The molecule has 0 spiro atoms. The van der Waals surface area contributed by atoms with Crippen LogP contribution in [0.4, 0.5) is 0 Å². The van der Waals surface area contributed by atoms with Crippen molar-refractivity contribution >= 4 is 17.6 Å². The van der Waals surface area contributed by atoms with Gasteiger partial charge in [0.1, 0.15) is 0 Å². The first kappa shape index (κ1) is 12.6. The van der Waals surface area contributed by atoms with Gasteiger partial charge < -0.3 is 4.74 Å². The molecule has 0 aliphatic carbocycles. The number of aryl methyl sites for hydroxylation is 1. The molecule has 2 aromatic rings. The largest absolute Gasteiger partial charge is 0.461 e. The first-order chi connectivity index (χ1) is 8.61. The summed E-state index contributed by atoms with van der Waals surface area (Å²) in [5.74, 6) is -0.391. The molecule has 18 heavy (non-hydrogen) atoms. The average Bonchev–Trinajstić information content (AvgIpc) is 2.72. The third kappa shape index (κ3) is 2.54. The van der Waals surface area contributed by atoms with Gasteiger partial charge in [-0.15, -0.1) is 0 Å². The number of carbonyl (C=O) groups is 1. The Morgan fingerprint density at radius 2 is 2.22 bits per heavy atom. The van der Waals surface area contributed by atoms with Crippen LogP contribution in [0.5, 0.6) is 0 Å². The van der Waals surface area contributed by atoms with E-state index in [-0.39, 0.29) is 0 Å². The highest BCUT2D eigenvalue weighted by molar-refractivity contribution is 6.30. The first-order valence-corrected chi connectivity index (χ1v) is 5.99. The van der Waals surface area contributed by atoms with Crippen LogP contribution in [-0.2, 0) is 4.74 Å². The highest BCUT2D eigenvalue weighted by Gasteiger charge is 2.16. The number of nitrogens with zero attached hydrogens (tertiary/aromatic N) is 2. The van der Waals surface area contributed by atoms with Crippen LogP contribution in [0.2, 0.25) is 5.02 Å². The summed E-state index contributed by atoms with van der Waals surface area (Å²) in [7, 11) is 0. The molecule has 0 amide bonds. The van der Waals surface area contributed by atoms with Gasteiger partial charge in [0.05, 0.1) is 18.0 Å². The fourth-order valence-electron chi connectivity index (χ4n) is 1.65. The number of benzene rings is 1. The molecule has 2 rings (SSSR count). The molecule has 0 atom stereocenters. The third-order valence-electron chi connectivity index (χ3n) is 2.37. The molecule has 4 nitrogen and oxygen atoms in total. The maximum atomic E-state index is 11.8. The molecule has 0 saturated carbocycles. The minimum Gasteiger partial charge on any atom is -0.461 e. The Labute approximate surface area is 110 Å². The molecule has 0 radical (unpaired) electrons. The van der Waals surface area contributed by atoms with Gasteiger partial charge in [0, 0.05) is 5.02 Å². The van der Waals surface area contributed by atoms with Crippen LogP contribution in [0, 0.1) is 6.92 Å². The van der Waals surface area contributed by atoms with Crippen molar-refractivity contribution in [1.82, 2.24) is 9.78 Å². The number of ether oxygens (including phenoxy) is 1. The third-order valence-corrected chi connectivity index (χ3v) is 2.60. The Kier molecular flexibility index (Phi) is 3.67. The van der Waals surface area contributed by atoms with E-state index in [9.17, 15) is 4.79 Å². The van der Waals surface area contributed by atoms with Gasteiger partial charge in [-0.2, -0.15) is 5.10 Å². The number of aromatic nitrogens is 2. The molecule has 94 valence electrons. The van der Waals surface area contributed by atoms with Gasteiger partial charge in [-0.1, -0.05) is 17.7 Å². The van der Waals surface area contributed by atoms with Gasteiger partial charge >= 0.3 is 5.97 Å². The zero-order chi connectivity index (χ0) is 13.1. The highest BCUT2D eigenvalue weighted by Crippen LogP contribution is 2.17. The zero-order valence-corrected chi connectivity index (χ0v) is 10.9. The van der Waals surface area contributed by atoms with Gasteiger partial charge in [-0.05, 0) is 38.1 Å². The van der Waals surface area contributed by atoms with Crippen LogP contribution >= 0.6 is 11.6 Å². The Morgan fingerprint density at radius 3 is 2.89 bits per heavy atom. The lowest BCUT2D eigenvalue weighted by Gasteiger charge is -2.06. The Balaban J connectivity index is 2.47. The minimum absolute atomic E-state index is 0.332. The number of carbonyl (C=O) groups excluding carboxylic acids is 1. The van der Waals surface area contributed by atoms with Crippen LogP contribution in [0.25, 0.3) is 5.69 Å². The Morgan fingerprint density at radius 1 is 1.44 bits per heavy atom. The molecule has 0 bridgehead atoms. The van der Waals surface area contributed by atoms with Crippen molar-refractivity contribution in [2.45, 2.75) is 13.8 Å². The van der Waals surface area contributed by atoms with Crippen LogP contribution in [0.1, 0.15) is 23.1 Å². The van der Waals surface area contributed by atoms with Gasteiger partial charge in [-0.25, -0.2) is 9.48 Å². The monoisotopic (exact) mass is 264 g/mol. The van der Waals surface area contributed by atoms with E-state index in [0.29, 0.717) is 17.3 Å². The summed E-state index contributed by atoms with van der Waals surface area (Å²) in [6.45, 7) is 3.92. The normalized spacial score (nSPS) is 10.4. The van der Waals surface area contributed by atoms with E-state index in [4.69, 9.17) is 16.3 Å². The summed E-state index contributed by atoms with van der Waals surface area (Å²) in [4.78, 5) is 11.8. The molecule has 5 heteroatoms. The quantitative estimate of drug-likeness (QED) is 0.801. The van der Waals surface area contributed by atoms with Gasteiger partial charge in [0.15, 0.2) is 5.69 Å². The first-order valence-electron chi connectivity index (χ1n) is 5.61. The molecular weight excluding hydrogens is 252 g/mol. The van der Waals surface area contributed by atoms with E-state index in [0.717, 1.165) is 11.4 Å². The summed E-state index contributed by atoms with van der Waals surface area (Å²) in [6, 6.07) is 8.85. The summed E-state index contributed by atoms with van der Waals surface area (Å²) in [5.41, 5.74) is 1.88. The topological polar surface area (TPSA) is 44.1 Å². The standard InChI is InChI=1S/C13H13ClN2O2/c1-3-18-13(17)12-7-9(2)15-16(12)11-6-4-5-10(14)8-11/h4-8H,3H2,1-2H3. The molecular formula is C13H13ClN2O2. The van der Waals surface area contributed by atoms with E-state index in [1.165, 1.54) is 0 Å². The molecule has 1 aromatic heterocycles. The predicted octanol–water partition coefficient (Wildman–Crippen LogP) is 3.01. The average molecular weight is 265 g/mol. The van der Waals surface area contributed by atoms with Crippen LogP contribution in [0.15, 0.2) is 30.3 Å². The van der Waals surface area contributed by atoms with E-state index < -0.39 is 5.97 Å². The summed E-state index contributed by atoms with van der Waals surface area (Å²) in [5, 5.41) is 4.88. The maximum absolute atomic E-state index is 11.8. The number of rotatable bonds is 3. The molecule has 1 heterocycles. The van der Waals surface area contributed by atoms with Gasteiger partial charge in [0.2, 0.25) is 0 Å². The second-order valence-electron chi connectivity index (χ2n) is 3.78. The van der Waals surface area contributed by atoms with E-state index in [1.807, 2.05) is 19.1 Å². The van der Waals surface area contributed by atoms with E-state index >= 15 is 0 Å². The highest BCUT2D eigenvalue weighted by atomic mass is 35.5. The van der Waals surface area contributed by atoms with Crippen molar-refractivity contribution in [2.24, 2.45) is 0 Å². The van der Waals surface area contributed by atoms with Crippen molar-refractivity contribution in [2.75, 3.05) is 6.61 Å². The lowest BCUT2D eigenvalue weighted by atomic mass is 10.3. The molecule has 0 saturated heterocycles. The molecule has 1 aromatic carbocycles. The SMILES string of the molecule is CCOC(=O)c1cc(C)nn1-c1cccc(Cl)c1. The number of esters is 1. The lowest BCUT2D eigenvalue weighted by Crippen LogP contribution is -2.11.